The van der Waals surface area contributed by atoms with Crippen LogP contribution in [0.3, 0.4) is 0 Å². The van der Waals surface area contributed by atoms with Gasteiger partial charge in [0.2, 0.25) is 0 Å². The summed E-state index contributed by atoms with van der Waals surface area (Å²) >= 11 is 2.07. The predicted octanol–water partition coefficient (Wildman–Crippen LogP) is 2.86. The highest BCUT2D eigenvalue weighted by atomic mass is 32.2. The molecular formula is C14H22N2OS. The van der Waals surface area contributed by atoms with Crippen molar-refractivity contribution in [3.63, 3.8) is 0 Å². The summed E-state index contributed by atoms with van der Waals surface area (Å²) in [5.74, 6) is 1.19. The highest BCUT2D eigenvalue weighted by molar-refractivity contribution is 8.00. The quantitative estimate of drug-likeness (QED) is 0.909. The summed E-state index contributed by atoms with van der Waals surface area (Å²) in [5.41, 5.74) is 1.96. The summed E-state index contributed by atoms with van der Waals surface area (Å²) < 4.78 is 0. The van der Waals surface area contributed by atoms with Crippen LogP contribution in [-0.2, 0) is 0 Å². The third kappa shape index (κ3) is 3.18. The first kappa shape index (κ1) is 13.7. The van der Waals surface area contributed by atoms with Crippen LogP contribution < -0.4 is 4.90 Å². The van der Waals surface area contributed by atoms with E-state index in [9.17, 15) is 5.11 Å². The normalized spacial score (nSPS) is 21.9. The standard InChI is InChI=1S/C14H22N2OS/c1-3-12-10-16(7-8-18-12)11-5-6-13(15-9-11)14(17)4-2/h5-6,9,12,14,17H,3-4,7-8,10H2,1-2H3. The third-order valence-electron chi connectivity index (χ3n) is 3.46. The lowest BCUT2D eigenvalue weighted by molar-refractivity contribution is 0.169. The second-order valence-electron chi connectivity index (χ2n) is 4.71. The number of thioether (sulfide) groups is 1. The first-order valence-electron chi connectivity index (χ1n) is 6.75. The van der Waals surface area contributed by atoms with Gasteiger partial charge in [-0.05, 0) is 25.0 Å². The van der Waals surface area contributed by atoms with Gasteiger partial charge < -0.3 is 10.0 Å². The molecule has 1 saturated heterocycles. The molecule has 1 fully saturated rings. The second kappa shape index (κ2) is 6.43. The molecule has 2 rings (SSSR count). The van der Waals surface area contributed by atoms with Crippen molar-refractivity contribution in [2.24, 2.45) is 0 Å². The van der Waals surface area contributed by atoms with E-state index in [0.717, 1.165) is 24.0 Å². The highest BCUT2D eigenvalue weighted by Crippen LogP contribution is 2.26. The van der Waals surface area contributed by atoms with E-state index < -0.39 is 6.10 Å². The van der Waals surface area contributed by atoms with Gasteiger partial charge in [0.25, 0.3) is 0 Å². The Morgan fingerprint density at radius 3 is 2.94 bits per heavy atom. The zero-order valence-electron chi connectivity index (χ0n) is 11.2. The number of rotatable bonds is 4. The molecule has 18 heavy (non-hydrogen) atoms. The van der Waals surface area contributed by atoms with Crippen molar-refractivity contribution in [3.8, 4) is 0 Å². The largest absolute Gasteiger partial charge is 0.387 e. The number of pyridine rings is 1. The first-order chi connectivity index (χ1) is 8.74. The topological polar surface area (TPSA) is 36.4 Å². The average Bonchev–Trinajstić information content (AvgIpc) is 2.46. The lowest BCUT2D eigenvalue weighted by Gasteiger charge is -2.33. The molecule has 2 heterocycles. The van der Waals surface area contributed by atoms with E-state index in [2.05, 4.69) is 34.6 Å². The van der Waals surface area contributed by atoms with Gasteiger partial charge in [-0.25, -0.2) is 0 Å². The van der Waals surface area contributed by atoms with Gasteiger partial charge in [-0.15, -0.1) is 0 Å². The van der Waals surface area contributed by atoms with Gasteiger partial charge in [0.05, 0.1) is 23.7 Å². The average molecular weight is 266 g/mol. The van der Waals surface area contributed by atoms with Gasteiger partial charge in [0.1, 0.15) is 0 Å². The fourth-order valence-electron chi connectivity index (χ4n) is 2.19. The minimum atomic E-state index is -0.431. The number of hydrogen-bond acceptors (Lipinski definition) is 4. The molecule has 0 saturated carbocycles. The molecule has 100 valence electrons. The smallest absolute Gasteiger partial charge is 0.0957 e. The fourth-order valence-corrected chi connectivity index (χ4v) is 3.37. The van der Waals surface area contributed by atoms with Crippen LogP contribution in [0.5, 0.6) is 0 Å². The minimum Gasteiger partial charge on any atom is -0.387 e. The number of aromatic nitrogens is 1. The molecule has 0 aromatic carbocycles. The van der Waals surface area contributed by atoms with Crippen molar-refractivity contribution in [1.82, 2.24) is 4.98 Å². The SMILES string of the molecule is CCC1CN(c2ccc(C(O)CC)nc2)CCS1. The molecule has 0 bridgehead atoms. The van der Waals surface area contributed by atoms with Crippen LogP contribution in [0.4, 0.5) is 5.69 Å². The van der Waals surface area contributed by atoms with Crippen molar-refractivity contribution in [1.29, 1.82) is 0 Å². The van der Waals surface area contributed by atoms with Gasteiger partial charge in [-0.3, -0.25) is 4.98 Å². The zero-order chi connectivity index (χ0) is 13.0. The van der Waals surface area contributed by atoms with E-state index in [1.165, 1.54) is 17.9 Å². The van der Waals surface area contributed by atoms with E-state index in [1.807, 2.05) is 19.2 Å². The summed E-state index contributed by atoms with van der Waals surface area (Å²) in [4.78, 5) is 6.78. The molecule has 3 nitrogen and oxygen atoms in total. The molecule has 0 spiro atoms. The third-order valence-corrected chi connectivity index (χ3v) is 4.83. The van der Waals surface area contributed by atoms with E-state index in [1.54, 1.807) is 0 Å². The van der Waals surface area contributed by atoms with Crippen molar-refractivity contribution in [3.05, 3.63) is 24.0 Å². The Morgan fingerprint density at radius 1 is 1.50 bits per heavy atom. The summed E-state index contributed by atoms with van der Waals surface area (Å²) in [7, 11) is 0. The Bertz CT molecular complexity index is 369. The van der Waals surface area contributed by atoms with Gasteiger partial charge >= 0.3 is 0 Å². The summed E-state index contributed by atoms with van der Waals surface area (Å²) in [6.07, 6.45) is 3.40. The molecule has 1 aliphatic heterocycles. The van der Waals surface area contributed by atoms with Crippen LogP contribution in [0, 0.1) is 0 Å². The molecule has 0 radical (unpaired) electrons. The molecule has 2 atom stereocenters. The molecule has 2 unspecified atom stereocenters. The Morgan fingerprint density at radius 2 is 2.33 bits per heavy atom. The van der Waals surface area contributed by atoms with Gasteiger partial charge in [-0.2, -0.15) is 11.8 Å². The molecule has 1 N–H and O–H groups in total. The van der Waals surface area contributed by atoms with Gasteiger partial charge in [-0.1, -0.05) is 13.8 Å². The maximum absolute atomic E-state index is 9.73. The Labute approximate surface area is 114 Å². The number of aliphatic hydroxyl groups is 1. The van der Waals surface area contributed by atoms with Crippen molar-refractivity contribution < 1.29 is 5.11 Å². The van der Waals surface area contributed by atoms with Crippen LogP contribution in [0.2, 0.25) is 0 Å². The Kier molecular flexibility index (Phi) is 4.89. The molecule has 1 aromatic heterocycles. The minimum absolute atomic E-state index is 0.431. The molecule has 4 heteroatoms. The van der Waals surface area contributed by atoms with Crippen molar-refractivity contribution >= 4 is 17.4 Å². The van der Waals surface area contributed by atoms with E-state index in [4.69, 9.17) is 0 Å². The molecule has 1 aromatic rings. The number of anilines is 1. The maximum atomic E-state index is 9.73. The maximum Gasteiger partial charge on any atom is 0.0957 e. The van der Waals surface area contributed by atoms with Gasteiger partial charge in [0.15, 0.2) is 0 Å². The van der Waals surface area contributed by atoms with Crippen molar-refractivity contribution in [2.75, 3.05) is 23.7 Å². The summed E-state index contributed by atoms with van der Waals surface area (Å²) in [6.45, 7) is 6.42. The summed E-state index contributed by atoms with van der Waals surface area (Å²) in [5, 5.41) is 10.5. The second-order valence-corrected chi connectivity index (χ2v) is 6.12. The molecule has 0 aliphatic carbocycles. The van der Waals surface area contributed by atoms with Crippen LogP contribution in [0.15, 0.2) is 18.3 Å². The molecular weight excluding hydrogens is 244 g/mol. The van der Waals surface area contributed by atoms with E-state index in [0.29, 0.717) is 6.42 Å². The van der Waals surface area contributed by atoms with Crippen LogP contribution >= 0.6 is 11.8 Å². The first-order valence-corrected chi connectivity index (χ1v) is 7.80. The predicted molar refractivity (Wildman–Crippen MR) is 78.2 cm³/mol. The highest BCUT2D eigenvalue weighted by Gasteiger charge is 2.19. The van der Waals surface area contributed by atoms with Crippen molar-refractivity contribution in [2.45, 2.75) is 38.0 Å². The Hall–Kier alpha value is -0.740. The van der Waals surface area contributed by atoms with Crippen LogP contribution in [0.1, 0.15) is 38.5 Å². The lowest BCUT2D eigenvalue weighted by atomic mass is 10.2. The van der Waals surface area contributed by atoms with E-state index >= 15 is 0 Å². The number of aliphatic hydroxyl groups excluding tert-OH is 1. The Balaban J connectivity index is 2.04. The fraction of sp³-hybridized carbons (Fsp3) is 0.643. The van der Waals surface area contributed by atoms with Crippen LogP contribution in [0.25, 0.3) is 0 Å². The van der Waals surface area contributed by atoms with Gasteiger partial charge in [0, 0.05) is 24.1 Å². The monoisotopic (exact) mass is 266 g/mol. The van der Waals surface area contributed by atoms with E-state index in [-0.39, 0.29) is 0 Å². The van der Waals surface area contributed by atoms with Crippen LogP contribution in [-0.4, -0.2) is 34.2 Å². The molecule has 1 aliphatic rings. The summed E-state index contributed by atoms with van der Waals surface area (Å²) in [6, 6.07) is 4.04. The lowest BCUT2D eigenvalue weighted by Crippen LogP contribution is -2.37. The molecule has 0 amide bonds. The number of nitrogens with zero attached hydrogens (tertiary/aromatic N) is 2. The number of hydrogen-bond donors (Lipinski definition) is 1. The zero-order valence-corrected chi connectivity index (χ0v) is 12.0.